The minimum Gasteiger partial charge on any atom is -0.399 e. The van der Waals surface area contributed by atoms with E-state index < -0.39 is 0 Å². The van der Waals surface area contributed by atoms with Crippen LogP contribution in [0.5, 0.6) is 0 Å². The summed E-state index contributed by atoms with van der Waals surface area (Å²) in [5.74, 6) is 0. The van der Waals surface area contributed by atoms with Gasteiger partial charge in [0.2, 0.25) is 0 Å². The van der Waals surface area contributed by atoms with Gasteiger partial charge >= 0.3 is 0 Å². The van der Waals surface area contributed by atoms with Crippen molar-refractivity contribution in [3.05, 3.63) is 60.3 Å². The molecule has 2 heterocycles. The Morgan fingerprint density at radius 3 is 2.71 bits per heavy atom. The van der Waals surface area contributed by atoms with Gasteiger partial charge in [0, 0.05) is 61.5 Å². The summed E-state index contributed by atoms with van der Waals surface area (Å²) in [7, 11) is 0. The van der Waals surface area contributed by atoms with E-state index in [9.17, 15) is 0 Å². The molecular weight excluding hydrogens is 366 g/mol. The highest BCUT2D eigenvalue weighted by Crippen LogP contribution is 2.29. The third-order valence-corrected chi connectivity index (χ3v) is 5.76. The zero-order valence-electron chi connectivity index (χ0n) is 16.0. The molecule has 4 N–H and O–H groups in total. The minimum absolute atomic E-state index is 0.800. The number of thiocarbonyl (C=S) groups is 1. The van der Waals surface area contributed by atoms with Crippen molar-refractivity contribution in [3.63, 3.8) is 0 Å². The van der Waals surface area contributed by atoms with E-state index in [4.69, 9.17) is 18.0 Å². The fourth-order valence-electron chi connectivity index (χ4n) is 3.83. The predicted molar refractivity (Wildman–Crippen MR) is 123 cm³/mol. The maximum Gasteiger partial charge on any atom is 0.173 e. The van der Waals surface area contributed by atoms with Gasteiger partial charge in [-0.3, -0.25) is 0 Å². The van der Waals surface area contributed by atoms with Crippen LogP contribution in [0.4, 0.5) is 17.1 Å². The van der Waals surface area contributed by atoms with Crippen LogP contribution in [0.15, 0.2) is 54.7 Å². The first-order chi connectivity index (χ1) is 13.7. The van der Waals surface area contributed by atoms with E-state index in [2.05, 4.69) is 57.0 Å². The van der Waals surface area contributed by atoms with Crippen molar-refractivity contribution in [3.8, 4) is 0 Å². The number of piperazine rings is 1. The Balaban J connectivity index is 1.37. The quantitative estimate of drug-likeness (QED) is 0.536. The maximum atomic E-state index is 5.92. The van der Waals surface area contributed by atoms with Crippen molar-refractivity contribution < 1.29 is 0 Å². The summed E-state index contributed by atoms with van der Waals surface area (Å²) in [4.78, 5) is 4.61. The van der Waals surface area contributed by atoms with Gasteiger partial charge in [0.25, 0.3) is 0 Å². The molecule has 0 aliphatic carbocycles. The molecule has 146 valence electrons. The molecule has 2 aliphatic rings. The molecule has 6 heteroatoms. The van der Waals surface area contributed by atoms with Crippen molar-refractivity contribution in [2.45, 2.75) is 12.8 Å². The number of benzene rings is 2. The van der Waals surface area contributed by atoms with Crippen LogP contribution < -0.4 is 21.3 Å². The van der Waals surface area contributed by atoms with Gasteiger partial charge in [-0.1, -0.05) is 24.3 Å². The molecule has 0 aromatic heterocycles. The Labute approximate surface area is 172 Å². The van der Waals surface area contributed by atoms with E-state index in [0.29, 0.717) is 0 Å². The third kappa shape index (κ3) is 4.22. The molecular formula is C22H27N5S. The summed E-state index contributed by atoms with van der Waals surface area (Å²) in [5, 5.41) is 7.69. The highest BCUT2D eigenvalue weighted by atomic mass is 32.1. The second-order valence-corrected chi connectivity index (χ2v) is 7.65. The lowest BCUT2D eigenvalue weighted by molar-refractivity contribution is 0.384. The standard InChI is InChI=1S/C22H27N5S/c23-18-6-3-7-19(15-18)26-11-13-27(14-12-26)22(28)25-16-17-5-4-10-24-21-9-2-1-8-20(17)21/h1-3,6-9,15-16,24H,4-5,10-14,23H2,(H,25,28)/b17-16-. The number of rotatable bonds is 2. The Morgan fingerprint density at radius 2 is 1.89 bits per heavy atom. The fourth-order valence-corrected chi connectivity index (χ4v) is 4.07. The molecule has 0 amide bonds. The van der Waals surface area contributed by atoms with Gasteiger partial charge in [-0.15, -0.1) is 0 Å². The third-order valence-electron chi connectivity index (χ3n) is 5.38. The van der Waals surface area contributed by atoms with Crippen molar-refractivity contribution in [2.24, 2.45) is 0 Å². The first-order valence-electron chi connectivity index (χ1n) is 9.89. The molecule has 0 bridgehead atoms. The van der Waals surface area contributed by atoms with E-state index >= 15 is 0 Å². The van der Waals surface area contributed by atoms with Crippen LogP contribution in [-0.2, 0) is 0 Å². The molecule has 0 spiro atoms. The monoisotopic (exact) mass is 393 g/mol. The fraction of sp³-hybridized carbons (Fsp3) is 0.318. The van der Waals surface area contributed by atoms with E-state index in [1.807, 2.05) is 18.2 Å². The molecule has 0 saturated carbocycles. The Bertz CT molecular complexity index is 871. The van der Waals surface area contributed by atoms with Crippen molar-refractivity contribution in [2.75, 3.05) is 48.7 Å². The molecule has 2 aliphatic heterocycles. The minimum atomic E-state index is 0.800. The maximum absolute atomic E-state index is 5.92. The lowest BCUT2D eigenvalue weighted by Gasteiger charge is -2.37. The number of nitrogens with zero attached hydrogens (tertiary/aromatic N) is 2. The van der Waals surface area contributed by atoms with Gasteiger partial charge in [-0.25, -0.2) is 0 Å². The zero-order chi connectivity index (χ0) is 19.3. The summed E-state index contributed by atoms with van der Waals surface area (Å²) in [6, 6.07) is 16.6. The van der Waals surface area contributed by atoms with Crippen LogP contribution in [0.1, 0.15) is 18.4 Å². The summed E-state index contributed by atoms with van der Waals surface area (Å²) in [6.45, 7) is 4.69. The number of nitrogens with one attached hydrogen (secondary N) is 2. The second-order valence-electron chi connectivity index (χ2n) is 7.26. The molecule has 5 nitrogen and oxygen atoms in total. The summed E-state index contributed by atoms with van der Waals surface area (Å²) in [6.07, 6.45) is 4.26. The van der Waals surface area contributed by atoms with Crippen molar-refractivity contribution in [1.29, 1.82) is 0 Å². The molecule has 2 aromatic carbocycles. The molecule has 0 radical (unpaired) electrons. The lowest BCUT2D eigenvalue weighted by atomic mass is 10.0. The average molecular weight is 394 g/mol. The Morgan fingerprint density at radius 1 is 1.07 bits per heavy atom. The van der Waals surface area contributed by atoms with Gasteiger partial charge in [0.15, 0.2) is 5.11 Å². The predicted octanol–water partition coefficient (Wildman–Crippen LogP) is 3.51. The number of nitrogen functional groups attached to an aromatic ring is 1. The van der Waals surface area contributed by atoms with Gasteiger partial charge in [-0.05, 0) is 54.9 Å². The molecule has 0 atom stereocenters. The van der Waals surface area contributed by atoms with E-state index in [1.165, 1.54) is 22.5 Å². The summed E-state index contributed by atoms with van der Waals surface area (Å²) in [5.41, 5.74) is 11.7. The van der Waals surface area contributed by atoms with Crippen LogP contribution in [0.2, 0.25) is 0 Å². The number of hydrogen-bond donors (Lipinski definition) is 3. The SMILES string of the molecule is Nc1cccc(N2CCN(C(=S)N/C=C3/CCCNc4ccccc43)CC2)c1. The van der Waals surface area contributed by atoms with Crippen LogP contribution in [-0.4, -0.2) is 42.7 Å². The lowest BCUT2D eigenvalue weighted by Crippen LogP contribution is -2.51. The van der Waals surface area contributed by atoms with Crippen LogP contribution in [0.3, 0.4) is 0 Å². The second kappa shape index (κ2) is 8.52. The van der Waals surface area contributed by atoms with E-state index in [-0.39, 0.29) is 0 Å². The largest absolute Gasteiger partial charge is 0.399 e. The molecule has 2 aromatic rings. The summed E-state index contributed by atoms with van der Waals surface area (Å²) >= 11 is 5.67. The van der Waals surface area contributed by atoms with Crippen molar-refractivity contribution >= 4 is 40.0 Å². The average Bonchev–Trinajstić information content (AvgIpc) is 2.94. The zero-order valence-corrected chi connectivity index (χ0v) is 16.8. The number of para-hydroxylation sites is 1. The van der Waals surface area contributed by atoms with E-state index in [0.717, 1.165) is 56.4 Å². The topological polar surface area (TPSA) is 56.6 Å². The van der Waals surface area contributed by atoms with Crippen LogP contribution in [0, 0.1) is 0 Å². The molecule has 4 rings (SSSR count). The number of nitrogens with two attached hydrogens (primary N) is 1. The van der Waals surface area contributed by atoms with E-state index in [1.54, 1.807) is 0 Å². The molecule has 1 fully saturated rings. The number of allylic oxidation sites excluding steroid dienone is 1. The van der Waals surface area contributed by atoms with Gasteiger partial charge in [-0.2, -0.15) is 0 Å². The first-order valence-corrected chi connectivity index (χ1v) is 10.3. The smallest absolute Gasteiger partial charge is 0.173 e. The van der Waals surface area contributed by atoms with Gasteiger partial charge < -0.3 is 26.2 Å². The Kier molecular flexibility index (Phi) is 5.67. The number of fused-ring (bicyclic) bond motifs is 1. The first kappa shape index (κ1) is 18.6. The summed E-state index contributed by atoms with van der Waals surface area (Å²) < 4.78 is 0. The highest BCUT2D eigenvalue weighted by molar-refractivity contribution is 7.80. The van der Waals surface area contributed by atoms with Crippen molar-refractivity contribution in [1.82, 2.24) is 10.2 Å². The Hall–Kier alpha value is -2.73. The normalized spacial score (nSPS) is 18.2. The van der Waals surface area contributed by atoms with Crippen LogP contribution >= 0.6 is 12.2 Å². The number of hydrogen-bond acceptors (Lipinski definition) is 4. The number of anilines is 3. The molecule has 1 saturated heterocycles. The van der Waals surface area contributed by atoms with Gasteiger partial charge in [0.05, 0.1) is 0 Å². The van der Waals surface area contributed by atoms with Crippen LogP contribution in [0.25, 0.3) is 5.57 Å². The molecule has 28 heavy (non-hydrogen) atoms. The highest BCUT2D eigenvalue weighted by Gasteiger charge is 2.19. The van der Waals surface area contributed by atoms with Gasteiger partial charge in [0.1, 0.15) is 0 Å². The molecule has 0 unspecified atom stereocenters.